The lowest BCUT2D eigenvalue weighted by Crippen LogP contribution is -2.03. The van der Waals surface area contributed by atoms with Gasteiger partial charge in [-0.2, -0.15) is 0 Å². The van der Waals surface area contributed by atoms with Gasteiger partial charge in [0.15, 0.2) is 0 Å². The fraction of sp³-hybridized carbons (Fsp3) is 0.300. The number of hydrogen-bond acceptors (Lipinski definition) is 3. The van der Waals surface area contributed by atoms with Gasteiger partial charge in [-0.15, -0.1) is 0 Å². The fourth-order valence-electron chi connectivity index (χ4n) is 0.322. The van der Waals surface area contributed by atoms with Crippen LogP contribution in [0.25, 0.3) is 0 Å². The van der Waals surface area contributed by atoms with Crippen molar-refractivity contribution >= 4 is 5.97 Å². The Morgan fingerprint density at radius 2 is 1.85 bits per heavy atom. The maximum atomic E-state index is 10.4. The average molecular weight is 184 g/mol. The lowest BCUT2D eigenvalue weighted by atomic mass is 10.4. The van der Waals surface area contributed by atoms with Crippen molar-refractivity contribution in [1.29, 1.82) is 0 Å². The van der Waals surface area contributed by atoms with Gasteiger partial charge in [-0.25, -0.2) is 4.79 Å². The van der Waals surface area contributed by atoms with Gasteiger partial charge in [0, 0.05) is 5.57 Å². The smallest absolute Gasteiger partial charge is 0.333 e. The molecule has 13 heavy (non-hydrogen) atoms. The molecule has 0 heterocycles. The van der Waals surface area contributed by atoms with Gasteiger partial charge in [0.2, 0.25) is 0 Å². The highest BCUT2D eigenvalue weighted by molar-refractivity contribution is 5.86. The molecule has 0 saturated heterocycles. The van der Waals surface area contributed by atoms with Crippen LogP contribution in [0.1, 0.15) is 13.8 Å². The summed E-state index contributed by atoms with van der Waals surface area (Å²) in [5.41, 5.74) is 0.451. The topological polar surface area (TPSA) is 35.5 Å². The Morgan fingerprint density at radius 3 is 1.92 bits per heavy atom. The minimum atomic E-state index is -0.312. The van der Waals surface area contributed by atoms with E-state index in [1.54, 1.807) is 13.8 Å². The molecule has 0 aromatic rings. The second-order valence-corrected chi connectivity index (χ2v) is 1.97. The minimum absolute atomic E-state index is 0.312. The maximum absolute atomic E-state index is 10.4. The monoisotopic (exact) mass is 184 g/mol. The van der Waals surface area contributed by atoms with Gasteiger partial charge in [-0.1, -0.05) is 19.7 Å². The number of ether oxygens (including phenoxy) is 2. The van der Waals surface area contributed by atoms with Crippen LogP contribution in [0.4, 0.5) is 0 Å². The molecular weight excluding hydrogens is 168 g/mol. The first-order chi connectivity index (χ1) is 6.09. The molecule has 0 aliphatic rings. The van der Waals surface area contributed by atoms with Crippen molar-refractivity contribution in [3.8, 4) is 0 Å². The van der Waals surface area contributed by atoms with E-state index in [1.807, 2.05) is 0 Å². The molecule has 74 valence electrons. The van der Waals surface area contributed by atoms with Crippen molar-refractivity contribution in [2.75, 3.05) is 6.61 Å². The first kappa shape index (κ1) is 14.0. The highest BCUT2D eigenvalue weighted by Crippen LogP contribution is 1.89. The molecule has 3 heteroatoms. The van der Waals surface area contributed by atoms with Crippen molar-refractivity contribution < 1.29 is 14.3 Å². The van der Waals surface area contributed by atoms with E-state index in [9.17, 15) is 4.79 Å². The average Bonchev–Trinajstić information content (AvgIpc) is 2.07. The van der Waals surface area contributed by atoms with Crippen molar-refractivity contribution in [2.45, 2.75) is 13.8 Å². The zero-order chi connectivity index (χ0) is 10.7. The second-order valence-electron chi connectivity index (χ2n) is 1.97. The molecule has 0 aliphatic heterocycles. The molecule has 0 rings (SSSR count). The molecule has 0 bridgehead atoms. The van der Waals surface area contributed by atoms with Crippen molar-refractivity contribution in [1.82, 2.24) is 0 Å². The van der Waals surface area contributed by atoms with Crippen LogP contribution in [0.3, 0.4) is 0 Å². The Kier molecular flexibility index (Phi) is 11.3. The molecule has 0 saturated carbocycles. The van der Waals surface area contributed by atoms with Crippen molar-refractivity contribution in [3.05, 3.63) is 37.8 Å². The number of carbonyl (C=O) groups excluding carboxylic acids is 1. The van der Waals surface area contributed by atoms with Gasteiger partial charge in [-0.3, -0.25) is 0 Å². The van der Waals surface area contributed by atoms with E-state index in [1.165, 1.54) is 12.5 Å². The highest BCUT2D eigenvalue weighted by Gasteiger charge is 1.98. The highest BCUT2D eigenvalue weighted by atomic mass is 16.5. The van der Waals surface area contributed by atoms with E-state index in [-0.39, 0.29) is 5.97 Å². The summed E-state index contributed by atoms with van der Waals surface area (Å²) in [7, 11) is 0. The van der Waals surface area contributed by atoms with E-state index >= 15 is 0 Å². The van der Waals surface area contributed by atoms with E-state index in [0.29, 0.717) is 12.2 Å². The van der Waals surface area contributed by atoms with Crippen LogP contribution in [0.15, 0.2) is 37.8 Å². The van der Waals surface area contributed by atoms with Crippen LogP contribution in [-0.2, 0) is 14.3 Å². The number of rotatable bonds is 4. The number of esters is 1. The van der Waals surface area contributed by atoms with Gasteiger partial charge in [-0.05, 0) is 13.8 Å². The first-order valence-electron chi connectivity index (χ1n) is 3.80. The third-order valence-electron chi connectivity index (χ3n) is 0.816. The van der Waals surface area contributed by atoms with Gasteiger partial charge in [0.05, 0.1) is 19.1 Å². The summed E-state index contributed by atoms with van der Waals surface area (Å²) in [6, 6.07) is 0. The second kappa shape index (κ2) is 10.5. The Morgan fingerprint density at radius 1 is 1.38 bits per heavy atom. The molecule has 0 atom stereocenters. The summed E-state index contributed by atoms with van der Waals surface area (Å²) in [6.45, 7) is 13.7. The van der Waals surface area contributed by atoms with E-state index < -0.39 is 0 Å². The zero-order valence-electron chi connectivity index (χ0n) is 8.21. The normalized spacial score (nSPS) is 7.23. The molecule has 0 aliphatic carbocycles. The van der Waals surface area contributed by atoms with Gasteiger partial charge < -0.3 is 9.47 Å². The van der Waals surface area contributed by atoms with Crippen molar-refractivity contribution in [3.63, 3.8) is 0 Å². The van der Waals surface area contributed by atoms with E-state index in [4.69, 9.17) is 0 Å². The zero-order valence-corrected chi connectivity index (χ0v) is 8.21. The molecule has 0 fully saturated rings. The largest absolute Gasteiger partial charge is 0.474 e. The SMILES string of the molecule is C=C(C)C(=O)OCC.C=COC=C. The Hall–Kier alpha value is -1.51. The van der Waals surface area contributed by atoms with Gasteiger partial charge >= 0.3 is 5.97 Å². The fourth-order valence-corrected chi connectivity index (χ4v) is 0.322. The van der Waals surface area contributed by atoms with Gasteiger partial charge in [0.1, 0.15) is 0 Å². The maximum Gasteiger partial charge on any atom is 0.333 e. The summed E-state index contributed by atoms with van der Waals surface area (Å²) in [5.74, 6) is -0.312. The summed E-state index contributed by atoms with van der Waals surface area (Å²) in [6.07, 6.45) is 2.62. The van der Waals surface area contributed by atoms with E-state index in [0.717, 1.165) is 0 Å². The first-order valence-corrected chi connectivity index (χ1v) is 3.80. The number of carbonyl (C=O) groups is 1. The van der Waals surface area contributed by atoms with Crippen LogP contribution < -0.4 is 0 Å². The summed E-state index contributed by atoms with van der Waals surface area (Å²) in [4.78, 5) is 10.4. The lowest BCUT2D eigenvalue weighted by molar-refractivity contribution is -0.138. The number of hydrogen-bond donors (Lipinski definition) is 0. The molecule has 0 aromatic heterocycles. The minimum Gasteiger partial charge on any atom is -0.474 e. The predicted molar refractivity (Wildman–Crippen MR) is 52.9 cm³/mol. The van der Waals surface area contributed by atoms with Crippen LogP contribution in [0.2, 0.25) is 0 Å². The van der Waals surface area contributed by atoms with Gasteiger partial charge in [0.25, 0.3) is 0 Å². The summed E-state index contributed by atoms with van der Waals surface area (Å²) < 4.78 is 8.93. The van der Waals surface area contributed by atoms with Crippen LogP contribution in [-0.4, -0.2) is 12.6 Å². The Bertz CT molecular complexity index is 177. The molecule has 3 nitrogen and oxygen atoms in total. The third-order valence-corrected chi connectivity index (χ3v) is 0.816. The molecule has 0 unspecified atom stereocenters. The molecular formula is C10H16O3. The quantitative estimate of drug-likeness (QED) is 0.382. The lowest BCUT2D eigenvalue weighted by Gasteiger charge is -1.96. The molecule has 0 N–H and O–H groups in total. The van der Waals surface area contributed by atoms with Crippen LogP contribution in [0.5, 0.6) is 0 Å². The molecule has 0 aromatic carbocycles. The van der Waals surface area contributed by atoms with Crippen molar-refractivity contribution in [2.24, 2.45) is 0 Å². The van der Waals surface area contributed by atoms with Crippen LogP contribution in [0, 0.1) is 0 Å². The Balaban J connectivity index is 0. The predicted octanol–water partition coefficient (Wildman–Crippen LogP) is 2.42. The molecule has 0 amide bonds. The molecule has 0 spiro atoms. The Labute approximate surface area is 79.3 Å². The standard InChI is InChI=1S/C6H10O2.C4H6O/c1-4-8-6(7)5(2)3;1-3-5-4-2/h2,4H2,1,3H3;3-4H,1-2H2. The third kappa shape index (κ3) is 13.5. The van der Waals surface area contributed by atoms with Crippen LogP contribution >= 0.6 is 0 Å². The molecule has 0 radical (unpaired) electrons. The summed E-state index contributed by atoms with van der Waals surface area (Å²) in [5, 5.41) is 0. The summed E-state index contributed by atoms with van der Waals surface area (Å²) >= 11 is 0. The van der Waals surface area contributed by atoms with E-state index in [2.05, 4.69) is 29.2 Å².